The van der Waals surface area contributed by atoms with Gasteiger partial charge in [0.15, 0.2) is 0 Å². The highest BCUT2D eigenvalue weighted by molar-refractivity contribution is 7.10. The summed E-state index contributed by atoms with van der Waals surface area (Å²) in [4.78, 5) is 8.58. The van der Waals surface area contributed by atoms with Crippen molar-refractivity contribution in [2.24, 2.45) is 0 Å². The maximum Gasteiger partial charge on any atom is 0.122 e. The van der Waals surface area contributed by atoms with Gasteiger partial charge in [0.05, 0.1) is 5.01 Å². The zero-order chi connectivity index (χ0) is 10.8. The minimum absolute atomic E-state index is 0.519. The zero-order valence-corrected chi connectivity index (χ0v) is 10.2. The summed E-state index contributed by atoms with van der Waals surface area (Å²) >= 11 is 3.08. The number of thiazole rings is 2. The molecule has 0 saturated carbocycles. The van der Waals surface area contributed by atoms with Gasteiger partial charge in [-0.2, -0.15) is 0 Å². The van der Waals surface area contributed by atoms with Gasteiger partial charge < -0.3 is 5.11 Å². The average molecular weight is 240 g/mol. The summed E-state index contributed by atoms with van der Waals surface area (Å²) in [5.74, 6) is 0. The zero-order valence-electron chi connectivity index (χ0n) is 8.60. The molecule has 0 aromatic carbocycles. The van der Waals surface area contributed by atoms with E-state index in [0.717, 1.165) is 21.4 Å². The van der Waals surface area contributed by atoms with Crippen LogP contribution in [0.5, 0.6) is 0 Å². The molecule has 15 heavy (non-hydrogen) atoms. The van der Waals surface area contributed by atoms with Gasteiger partial charge in [0.25, 0.3) is 0 Å². The van der Waals surface area contributed by atoms with Gasteiger partial charge in [0, 0.05) is 28.6 Å². The Hall–Kier alpha value is -0.780. The second-order valence-corrected chi connectivity index (χ2v) is 5.26. The molecule has 1 N–H and O–H groups in total. The smallest absolute Gasteiger partial charge is 0.122 e. The molecule has 0 saturated heterocycles. The van der Waals surface area contributed by atoms with Crippen LogP contribution < -0.4 is 0 Å². The Labute approximate surface area is 96.5 Å². The summed E-state index contributed by atoms with van der Waals surface area (Å²) in [6, 6.07) is 0. The molecule has 0 aliphatic carbocycles. The van der Waals surface area contributed by atoms with Gasteiger partial charge in [0.1, 0.15) is 11.1 Å². The highest BCUT2D eigenvalue weighted by Crippen LogP contribution is 2.23. The molecule has 3 nitrogen and oxygen atoms in total. The molecule has 0 aliphatic rings. The minimum Gasteiger partial charge on any atom is -0.385 e. The summed E-state index contributed by atoms with van der Waals surface area (Å²) in [7, 11) is 0. The first kappa shape index (κ1) is 10.7. The largest absolute Gasteiger partial charge is 0.385 e. The number of aliphatic hydroxyl groups is 1. The van der Waals surface area contributed by atoms with Crippen molar-refractivity contribution in [3.63, 3.8) is 0 Å². The van der Waals surface area contributed by atoms with E-state index in [2.05, 4.69) is 9.97 Å². The van der Waals surface area contributed by atoms with Crippen LogP contribution in [0.4, 0.5) is 0 Å². The van der Waals surface area contributed by atoms with Crippen molar-refractivity contribution >= 4 is 22.7 Å². The fourth-order valence-corrected chi connectivity index (χ4v) is 2.87. The van der Waals surface area contributed by atoms with Gasteiger partial charge in [-0.3, -0.25) is 0 Å². The first-order valence-electron chi connectivity index (χ1n) is 4.66. The highest BCUT2D eigenvalue weighted by atomic mass is 32.1. The van der Waals surface area contributed by atoms with Crippen LogP contribution in [-0.4, -0.2) is 15.1 Å². The Morgan fingerprint density at radius 2 is 1.87 bits per heavy atom. The molecule has 80 valence electrons. The SMILES string of the molecule is Cc1csc(CC(O)c2nc(C)cs2)n1. The maximum absolute atomic E-state index is 9.91. The van der Waals surface area contributed by atoms with Crippen molar-refractivity contribution in [2.45, 2.75) is 26.4 Å². The molecule has 5 heteroatoms. The van der Waals surface area contributed by atoms with E-state index in [1.165, 1.54) is 11.3 Å². The molecular formula is C10H12N2OS2. The first-order chi connectivity index (χ1) is 7.15. The van der Waals surface area contributed by atoms with Crippen LogP contribution in [0, 0.1) is 13.8 Å². The van der Waals surface area contributed by atoms with Gasteiger partial charge in [-0.05, 0) is 13.8 Å². The van der Waals surface area contributed by atoms with E-state index in [0.29, 0.717) is 6.42 Å². The van der Waals surface area contributed by atoms with E-state index in [4.69, 9.17) is 0 Å². The lowest BCUT2D eigenvalue weighted by Crippen LogP contribution is -2.01. The van der Waals surface area contributed by atoms with Gasteiger partial charge in [-0.25, -0.2) is 9.97 Å². The van der Waals surface area contributed by atoms with Crippen LogP contribution in [0.1, 0.15) is 27.5 Å². The molecule has 2 aromatic heterocycles. The lowest BCUT2D eigenvalue weighted by molar-refractivity contribution is 0.177. The predicted octanol–water partition coefficient (Wildman–Crippen LogP) is 2.49. The molecule has 0 fully saturated rings. The monoisotopic (exact) mass is 240 g/mol. The van der Waals surface area contributed by atoms with E-state index in [9.17, 15) is 5.11 Å². The summed E-state index contributed by atoms with van der Waals surface area (Å²) in [5.41, 5.74) is 1.97. The summed E-state index contributed by atoms with van der Waals surface area (Å²) in [6.45, 7) is 3.89. The van der Waals surface area contributed by atoms with Crippen LogP contribution >= 0.6 is 22.7 Å². The fourth-order valence-electron chi connectivity index (χ4n) is 1.27. The standard InChI is InChI=1S/C10H12N2OS2/c1-6-4-14-9(11-6)3-8(13)10-12-7(2)5-15-10/h4-5,8,13H,3H2,1-2H3. The highest BCUT2D eigenvalue weighted by Gasteiger charge is 2.13. The van der Waals surface area contributed by atoms with Crippen molar-refractivity contribution in [3.05, 3.63) is 32.2 Å². The molecule has 0 bridgehead atoms. The third kappa shape index (κ3) is 2.62. The van der Waals surface area contributed by atoms with Crippen LogP contribution in [0.2, 0.25) is 0 Å². The molecule has 0 radical (unpaired) electrons. The molecule has 1 atom stereocenters. The molecule has 0 spiro atoms. The second kappa shape index (κ2) is 4.38. The van der Waals surface area contributed by atoms with Crippen molar-refractivity contribution < 1.29 is 5.11 Å². The summed E-state index contributed by atoms with van der Waals surface area (Å²) < 4.78 is 0. The molecule has 2 aromatic rings. The van der Waals surface area contributed by atoms with Crippen molar-refractivity contribution in [3.8, 4) is 0 Å². The van der Waals surface area contributed by atoms with E-state index in [1.807, 2.05) is 24.6 Å². The number of rotatable bonds is 3. The maximum atomic E-state index is 9.91. The Morgan fingerprint density at radius 3 is 2.40 bits per heavy atom. The van der Waals surface area contributed by atoms with Gasteiger partial charge >= 0.3 is 0 Å². The van der Waals surface area contributed by atoms with Crippen LogP contribution in [0.25, 0.3) is 0 Å². The first-order valence-corrected chi connectivity index (χ1v) is 6.42. The van der Waals surface area contributed by atoms with Crippen molar-refractivity contribution in [2.75, 3.05) is 0 Å². The number of hydrogen-bond donors (Lipinski definition) is 1. The second-order valence-electron chi connectivity index (χ2n) is 3.43. The fraction of sp³-hybridized carbons (Fsp3) is 0.400. The number of nitrogens with zero attached hydrogens (tertiary/aromatic N) is 2. The van der Waals surface area contributed by atoms with Gasteiger partial charge in [0.2, 0.25) is 0 Å². The van der Waals surface area contributed by atoms with Crippen molar-refractivity contribution in [1.29, 1.82) is 0 Å². The lowest BCUT2D eigenvalue weighted by atomic mass is 10.3. The van der Waals surface area contributed by atoms with E-state index < -0.39 is 6.10 Å². The van der Waals surface area contributed by atoms with Gasteiger partial charge in [-0.15, -0.1) is 22.7 Å². The molecule has 0 amide bonds. The minimum atomic E-state index is -0.519. The normalized spacial score (nSPS) is 13.0. The number of aliphatic hydroxyl groups excluding tert-OH is 1. The van der Waals surface area contributed by atoms with Crippen LogP contribution in [0.15, 0.2) is 10.8 Å². The van der Waals surface area contributed by atoms with Gasteiger partial charge in [-0.1, -0.05) is 0 Å². The van der Waals surface area contributed by atoms with Crippen LogP contribution in [0.3, 0.4) is 0 Å². The Bertz CT molecular complexity index is 450. The van der Waals surface area contributed by atoms with E-state index in [-0.39, 0.29) is 0 Å². The third-order valence-electron chi connectivity index (χ3n) is 1.96. The Morgan fingerprint density at radius 1 is 1.20 bits per heavy atom. The Balaban J connectivity index is 2.06. The molecule has 1 unspecified atom stereocenters. The van der Waals surface area contributed by atoms with E-state index >= 15 is 0 Å². The number of aromatic nitrogens is 2. The summed E-state index contributed by atoms with van der Waals surface area (Å²) in [5, 5.41) is 15.6. The molecule has 2 heterocycles. The lowest BCUT2D eigenvalue weighted by Gasteiger charge is -2.03. The molecule has 0 aliphatic heterocycles. The van der Waals surface area contributed by atoms with Crippen LogP contribution in [-0.2, 0) is 6.42 Å². The topological polar surface area (TPSA) is 46.0 Å². The van der Waals surface area contributed by atoms with E-state index in [1.54, 1.807) is 11.3 Å². The predicted molar refractivity (Wildman–Crippen MR) is 62.4 cm³/mol. The average Bonchev–Trinajstić information content (AvgIpc) is 2.75. The summed E-state index contributed by atoms with van der Waals surface area (Å²) in [6.07, 6.45) is 0.0418. The number of hydrogen-bond acceptors (Lipinski definition) is 5. The van der Waals surface area contributed by atoms with Crippen molar-refractivity contribution in [1.82, 2.24) is 9.97 Å². The Kier molecular flexibility index (Phi) is 3.14. The molecular weight excluding hydrogens is 228 g/mol. The third-order valence-corrected chi connectivity index (χ3v) is 4.01. The number of aryl methyl sites for hydroxylation is 2. The quantitative estimate of drug-likeness (QED) is 0.896. The molecule has 2 rings (SSSR count).